The van der Waals surface area contributed by atoms with Crippen LogP contribution in [0.3, 0.4) is 0 Å². The van der Waals surface area contributed by atoms with E-state index in [2.05, 4.69) is 24.1 Å². The van der Waals surface area contributed by atoms with Crippen LogP contribution in [0.4, 0.5) is 0 Å². The van der Waals surface area contributed by atoms with Crippen molar-refractivity contribution in [1.82, 2.24) is 10.2 Å². The van der Waals surface area contributed by atoms with Crippen LogP contribution in [0.2, 0.25) is 0 Å². The Labute approximate surface area is 131 Å². The molecule has 0 unspecified atom stereocenters. The lowest BCUT2D eigenvalue weighted by Crippen LogP contribution is -2.48. The van der Waals surface area contributed by atoms with Gasteiger partial charge in [0, 0.05) is 32.8 Å². The Bertz CT molecular complexity index is 268. The van der Waals surface area contributed by atoms with Crippen molar-refractivity contribution in [2.24, 2.45) is 5.41 Å². The van der Waals surface area contributed by atoms with Crippen molar-refractivity contribution >= 4 is 0 Å². The van der Waals surface area contributed by atoms with Gasteiger partial charge in [-0.15, -0.1) is 0 Å². The van der Waals surface area contributed by atoms with Gasteiger partial charge in [0.1, 0.15) is 0 Å². The number of rotatable bonds is 8. The lowest BCUT2D eigenvalue weighted by atomic mass is 9.73. The quantitative estimate of drug-likeness (QED) is 0.694. The van der Waals surface area contributed by atoms with E-state index in [1.54, 1.807) is 0 Å². The van der Waals surface area contributed by atoms with Gasteiger partial charge in [-0.25, -0.2) is 0 Å². The molecule has 2 fully saturated rings. The van der Waals surface area contributed by atoms with Gasteiger partial charge < -0.3 is 15.0 Å². The molecule has 2 rings (SSSR count). The summed E-state index contributed by atoms with van der Waals surface area (Å²) in [5.41, 5.74) is 0.547. The molecule has 2 aliphatic rings. The van der Waals surface area contributed by atoms with Crippen LogP contribution in [0.5, 0.6) is 0 Å². The summed E-state index contributed by atoms with van der Waals surface area (Å²) in [7, 11) is 0. The van der Waals surface area contributed by atoms with Gasteiger partial charge in [0.05, 0.1) is 6.10 Å². The first-order chi connectivity index (χ1) is 10.3. The molecule has 0 bridgehead atoms. The van der Waals surface area contributed by atoms with Gasteiger partial charge in [-0.3, -0.25) is 0 Å². The van der Waals surface area contributed by atoms with Crippen molar-refractivity contribution in [3.63, 3.8) is 0 Å². The number of ether oxygens (including phenoxy) is 1. The van der Waals surface area contributed by atoms with Crippen LogP contribution in [0.25, 0.3) is 0 Å². The Hall–Kier alpha value is -0.120. The van der Waals surface area contributed by atoms with Crippen molar-refractivity contribution in [1.29, 1.82) is 0 Å². The first-order valence-electron chi connectivity index (χ1n) is 9.33. The van der Waals surface area contributed by atoms with Crippen molar-refractivity contribution in [2.45, 2.75) is 71.3 Å². The maximum absolute atomic E-state index is 5.79. The van der Waals surface area contributed by atoms with E-state index >= 15 is 0 Å². The average Bonchev–Trinajstić information content (AvgIpc) is 2.51. The molecule has 21 heavy (non-hydrogen) atoms. The van der Waals surface area contributed by atoms with E-state index in [1.165, 1.54) is 84.1 Å². The van der Waals surface area contributed by atoms with Crippen LogP contribution >= 0.6 is 0 Å². The number of nitrogens with zero attached hydrogens (tertiary/aromatic N) is 1. The average molecular weight is 296 g/mol. The summed E-state index contributed by atoms with van der Waals surface area (Å²) in [5, 5.41) is 3.71. The van der Waals surface area contributed by atoms with Crippen LogP contribution in [-0.2, 0) is 4.74 Å². The number of piperidine rings is 1. The summed E-state index contributed by atoms with van der Waals surface area (Å²) >= 11 is 0. The van der Waals surface area contributed by atoms with Gasteiger partial charge in [0.15, 0.2) is 0 Å². The zero-order chi connectivity index (χ0) is 15.0. The minimum Gasteiger partial charge on any atom is -0.378 e. The van der Waals surface area contributed by atoms with Gasteiger partial charge in [-0.1, -0.05) is 26.2 Å². The SMILES string of the molecule is CCCNCC1(CN2CCC(OCC)CC2)CCCCC1. The molecule has 0 radical (unpaired) electrons. The van der Waals surface area contributed by atoms with Crippen LogP contribution in [-0.4, -0.2) is 50.3 Å². The molecule has 0 spiro atoms. The second kappa shape index (κ2) is 9.12. The van der Waals surface area contributed by atoms with Crippen LogP contribution in [0, 0.1) is 5.41 Å². The van der Waals surface area contributed by atoms with E-state index < -0.39 is 0 Å². The molecule has 0 aromatic rings. The topological polar surface area (TPSA) is 24.5 Å². The minimum absolute atomic E-state index is 0.520. The molecule has 1 aliphatic heterocycles. The summed E-state index contributed by atoms with van der Waals surface area (Å²) in [6.45, 7) is 11.4. The van der Waals surface area contributed by atoms with Gasteiger partial charge in [0.2, 0.25) is 0 Å². The highest BCUT2D eigenvalue weighted by Gasteiger charge is 2.34. The van der Waals surface area contributed by atoms with Gasteiger partial charge in [-0.2, -0.15) is 0 Å². The summed E-state index contributed by atoms with van der Waals surface area (Å²) in [5.74, 6) is 0. The third kappa shape index (κ3) is 5.54. The lowest BCUT2D eigenvalue weighted by molar-refractivity contribution is -0.000682. The zero-order valence-electron chi connectivity index (χ0n) is 14.3. The van der Waals surface area contributed by atoms with E-state index in [4.69, 9.17) is 4.74 Å². The molecule has 0 amide bonds. The third-order valence-corrected chi connectivity index (χ3v) is 5.34. The number of hydrogen-bond acceptors (Lipinski definition) is 3. The molecule has 1 heterocycles. The highest BCUT2D eigenvalue weighted by Crippen LogP contribution is 2.37. The standard InChI is InChI=1S/C18H36N2O/c1-3-12-19-15-18(10-6-5-7-11-18)16-20-13-8-17(9-14-20)21-4-2/h17,19H,3-16H2,1-2H3. The van der Waals surface area contributed by atoms with E-state index in [-0.39, 0.29) is 0 Å². The maximum atomic E-state index is 5.79. The van der Waals surface area contributed by atoms with Gasteiger partial charge >= 0.3 is 0 Å². The van der Waals surface area contributed by atoms with Crippen molar-refractivity contribution in [2.75, 3.05) is 39.3 Å². The Kier molecular flexibility index (Phi) is 7.48. The highest BCUT2D eigenvalue weighted by atomic mass is 16.5. The van der Waals surface area contributed by atoms with E-state index in [0.717, 1.165) is 6.61 Å². The zero-order valence-corrected chi connectivity index (χ0v) is 14.3. The first kappa shape index (κ1) is 17.2. The first-order valence-corrected chi connectivity index (χ1v) is 9.33. The Morgan fingerprint density at radius 3 is 2.43 bits per heavy atom. The second-order valence-corrected chi connectivity index (χ2v) is 7.17. The molecule has 3 nitrogen and oxygen atoms in total. The predicted molar refractivity (Wildman–Crippen MR) is 89.8 cm³/mol. The Morgan fingerprint density at radius 1 is 1.10 bits per heavy atom. The summed E-state index contributed by atoms with van der Waals surface area (Å²) in [6.07, 6.45) is 11.4. The normalized spacial score (nSPS) is 24.3. The minimum atomic E-state index is 0.520. The maximum Gasteiger partial charge on any atom is 0.0599 e. The fourth-order valence-corrected chi connectivity index (χ4v) is 4.17. The summed E-state index contributed by atoms with van der Waals surface area (Å²) < 4.78 is 5.79. The van der Waals surface area contributed by atoms with Gasteiger partial charge in [-0.05, 0) is 51.0 Å². The van der Waals surface area contributed by atoms with E-state index in [1.807, 2.05) is 0 Å². The molecular formula is C18H36N2O. The van der Waals surface area contributed by atoms with Gasteiger partial charge in [0.25, 0.3) is 0 Å². The van der Waals surface area contributed by atoms with Crippen LogP contribution in [0.15, 0.2) is 0 Å². The molecule has 0 atom stereocenters. The lowest BCUT2D eigenvalue weighted by Gasteiger charge is -2.43. The molecule has 1 saturated carbocycles. The van der Waals surface area contributed by atoms with Crippen molar-refractivity contribution in [3.05, 3.63) is 0 Å². The molecule has 1 aliphatic carbocycles. The fraction of sp³-hybridized carbons (Fsp3) is 1.00. The molecule has 1 saturated heterocycles. The van der Waals surface area contributed by atoms with Crippen molar-refractivity contribution < 1.29 is 4.74 Å². The second-order valence-electron chi connectivity index (χ2n) is 7.17. The van der Waals surface area contributed by atoms with E-state index in [9.17, 15) is 0 Å². The number of likely N-dealkylation sites (tertiary alicyclic amines) is 1. The largest absolute Gasteiger partial charge is 0.378 e. The monoisotopic (exact) mass is 296 g/mol. The smallest absolute Gasteiger partial charge is 0.0599 e. The number of nitrogens with one attached hydrogen (secondary N) is 1. The molecule has 0 aromatic carbocycles. The Morgan fingerprint density at radius 2 is 1.81 bits per heavy atom. The molecule has 124 valence electrons. The summed E-state index contributed by atoms with van der Waals surface area (Å²) in [4.78, 5) is 2.72. The fourth-order valence-electron chi connectivity index (χ4n) is 4.17. The highest BCUT2D eigenvalue weighted by molar-refractivity contribution is 4.89. The molecule has 3 heteroatoms. The van der Waals surface area contributed by atoms with E-state index in [0.29, 0.717) is 11.5 Å². The molecular weight excluding hydrogens is 260 g/mol. The Balaban J connectivity index is 1.81. The van der Waals surface area contributed by atoms with Crippen LogP contribution in [0.1, 0.15) is 65.2 Å². The van der Waals surface area contributed by atoms with Crippen LogP contribution < -0.4 is 5.32 Å². The number of hydrogen-bond donors (Lipinski definition) is 1. The molecule has 0 aromatic heterocycles. The van der Waals surface area contributed by atoms with Crippen molar-refractivity contribution in [3.8, 4) is 0 Å². The predicted octanol–water partition coefficient (Wildman–Crippen LogP) is 3.44. The third-order valence-electron chi connectivity index (χ3n) is 5.34. The molecule has 1 N–H and O–H groups in total. The summed E-state index contributed by atoms with van der Waals surface area (Å²) in [6, 6.07) is 0.